The third kappa shape index (κ3) is 4.60. The highest BCUT2D eigenvalue weighted by atomic mass is 19.3. The number of amides is 1. The van der Waals surface area contributed by atoms with Crippen LogP contribution in [0.25, 0.3) is 10.9 Å². The molecule has 2 aromatic heterocycles. The van der Waals surface area contributed by atoms with Crippen LogP contribution in [-0.4, -0.2) is 52.2 Å². The average Bonchev–Trinajstić information content (AvgIpc) is 3.29. The fourth-order valence-corrected chi connectivity index (χ4v) is 4.77. The number of carbonyl (C=O) groups is 1. The number of nitrogens with one attached hydrogen (secondary N) is 1. The Morgan fingerprint density at radius 3 is 2.57 bits per heavy atom. The minimum absolute atomic E-state index is 0.00405. The molecule has 3 aromatic rings. The molecule has 1 amide bonds. The van der Waals surface area contributed by atoms with Gasteiger partial charge in [0.25, 0.3) is 12.0 Å². The van der Waals surface area contributed by atoms with Crippen LogP contribution in [0.5, 0.6) is 5.75 Å². The average molecular weight is 522 g/mol. The number of alkyl halides is 3. The maximum atomic E-state index is 14.8. The van der Waals surface area contributed by atoms with Crippen LogP contribution in [0.4, 0.5) is 23.4 Å². The van der Waals surface area contributed by atoms with Crippen molar-refractivity contribution in [3.05, 3.63) is 57.5 Å². The van der Waals surface area contributed by atoms with Gasteiger partial charge in [-0.15, -0.1) is 0 Å². The summed E-state index contributed by atoms with van der Waals surface area (Å²) >= 11 is 0. The first-order valence-electron chi connectivity index (χ1n) is 11.7. The van der Waals surface area contributed by atoms with Crippen LogP contribution in [0.15, 0.2) is 29.2 Å². The van der Waals surface area contributed by atoms with Crippen molar-refractivity contribution in [2.75, 3.05) is 32.2 Å². The number of nitrogens with zero attached hydrogens (tertiary/aromatic N) is 4. The van der Waals surface area contributed by atoms with Crippen molar-refractivity contribution < 1.29 is 27.1 Å². The van der Waals surface area contributed by atoms with Crippen molar-refractivity contribution in [1.82, 2.24) is 19.4 Å². The van der Waals surface area contributed by atoms with Gasteiger partial charge in [-0.3, -0.25) is 9.59 Å². The topological polar surface area (TPSA) is 89.4 Å². The molecule has 1 aliphatic heterocycles. The first-order chi connectivity index (χ1) is 17.5. The molecule has 2 atom stereocenters. The molecule has 0 saturated carbocycles. The van der Waals surface area contributed by atoms with Gasteiger partial charge in [0.15, 0.2) is 0 Å². The van der Waals surface area contributed by atoms with Gasteiger partial charge in [-0.2, -0.15) is 0 Å². The zero-order valence-corrected chi connectivity index (χ0v) is 20.8. The van der Waals surface area contributed by atoms with Crippen LogP contribution in [0, 0.1) is 12.7 Å². The standard InChI is InChI=1S/C25H27F4N5O3/c1-13(16-6-5-7-17(19(16)27)22(28)29)30-23-18-10-34(25(11-26)8-9-33(12-25)15(3)35)24(36)21(37-4)20(18)31-14(2)32-23/h5-7,10,13,22H,8-9,11-12H2,1-4H3,(H,30,31,32)/t13-,25?/m1/s1. The fraction of sp³-hybridized carbons (Fsp3) is 0.440. The Hall–Kier alpha value is -3.70. The number of carbonyl (C=O) groups excluding carboxylic acids is 1. The van der Waals surface area contributed by atoms with Crippen LogP contribution in [-0.2, 0) is 10.3 Å². The number of methoxy groups -OCH3 is 1. The molecular formula is C25H27F4N5O3. The number of likely N-dealkylation sites (tertiary alicyclic amines) is 1. The third-order valence-corrected chi connectivity index (χ3v) is 6.80. The van der Waals surface area contributed by atoms with E-state index in [9.17, 15) is 27.2 Å². The molecular weight excluding hydrogens is 494 g/mol. The number of ether oxygens (including phenoxy) is 1. The fourth-order valence-electron chi connectivity index (χ4n) is 4.77. The van der Waals surface area contributed by atoms with Crippen LogP contribution in [0.2, 0.25) is 0 Å². The lowest BCUT2D eigenvalue weighted by Crippen LogP contribution is -2.45. The highest BCUT2D eigenvalue weighted by molar-refractivity contribution is 5.92. The Balaban J connectivity index is 1.87. The normalized spacial score (nSPS) is 18.5. The second-order valence-corrected chi connectivity index (χ2v) is 9.18. The predicted octanol–water partition coefficient (Wildman–Crippen LogP) is 4.28. The van der Waals surface area contributed by atoms with Gasteiger partial charge >= 0.3 is 0 Å². The van der Waals surface area contributed by atoms with E-state index in [0.717, 1.165) is 6.07 Å². The lowest BCUT2D eigenvalue weighted by molar-refractivity contribution is -0.128. The lowest BCUT2D eigenvalue weighted by atomic mass is 9.99. The van der Waals surface area contributed by atoms with Gasteiger partial charge in [-0.25, -0.2) is 27.5 Å². The number of aromatic nitrogens is 3. The highest BCUT2D eigenvalue weighted by Gasteiger charge is 2.42. The number of fused-ring (bicyclic) bond motifs is 1. The smallest absolute Gasteiger partial charge is 0.295 e. The summed E-state index contributed by atoms with van der Waals surface area (Å²) < 4.78 is 62.4. The zero-order chi connectivity index (χ0) is 27.1. The first-order valence-corrected chi connectivity index (χ1v) is 11.7. The number of anilines is 1. The summed E-state index contributed by atoms with van der Waals surface area (Å²) in [6, 6.07) is 2.94. The SMILES string of the molecule is COc1c(=O)n(C2(CF)CCN(C(C)=O)C2)cc2c(N[C@H](C)c3cccc(C(F)F)c3F)nc(C)nc12. The van der Waals surface area contributed by atoms with Crippen molar-refractivity contribution in [1.29, 1.82) is 0 Å². The number of hydrogen-bond acceptors (Lipinski definition) is 6. The van der Waals surface area contributed by atoms with Crippen LogP contribution in [0.1, 0.15) is 49.7 Å². The Kier molecular flexibility index (Phi) is 7.11. The molecule has 3 heterocycles. The molecule has 1 aliphatic rings. The molecule has 0 aliphatic carbocycles. The molecule has 0 radical (unpaired) electrons. The monoisotopic (exact) mass is 521 g/mol. The van der Waals surface area contributed by atoms with Gasteiger partial charge in [-0.1, -0.05) is 18.2 Å². The van der Waals surface area contributed by atoms with E-state index in [1.807, 2.05) is 0 Å². The van der Waals surface area contributed by atoms with E-state index in [2.05, 4.69) is 15.3 Å². The summed E-state index contributed by atoms with van der Waals surface area (Å²) in [4.78, 5) is 35.6. The summed E-state index contributed by atoms with van der Waals surface area (Å²) in [5.41, 5.74) is -2.51. The molecule has 198 valence electrons. The maximum Gasteiger partial charge on any atom is 0.295 e. The van der Waals surface area contributed by atoms with Crippen molar-refractivity contribution in [3.8, 4) is 5.75 Å². The minimum atomic E-state index is -2.98. The zero-order valence-electron chi connectivity index (χ0n) is 20.8. The molecule has 1 aromatic carbocycles. The number of hydrogen-bond donors (Lipinski definition) is 1. The van der Waals surface area contributed by atoms with Gasteiger partial charge in [-0.05, 0) is 20.3 Å². The van der Waals surface area contributed by atoms with Crippen LogP contribution in [0.3, 0.4) is 0 Å². The predicted molar refractivity (Wildman–Crippen MR) is 129 cm³/mol. The van der Waals surface area contributed by atoms with Crippen LogP contribution >= 0.6 is 0 Å². The maximum absolute atomic E-state index is 14.8. The van der Waals surface area contributed by atoms with Crippen molar-refractivity contribution >= 4 is 22.6 Å². The van der Waals surface area contributed by atoms with E-state index in [0.29, 0.717) is 0 Å². The highest BCUT2D eigenvalue weighted by Crippen LogP contribution is 2.35. The number of pyridine rings is 1. The van der Waals surface area contributed by atoms with E-state index in [-0.39, 0.29) is 59.3 Å². The quantitative estimate of drug-likeness (QED) is 0.467. The molecule has 1 N–H and O–H groups in total. The minimum Gasteiger partial charge on any atom is -0.490 e. The summed E-state index contributed by atoms with van der Waals surface area (Å²) in [5.74, 6) is -0.964. The molecule has 4 rings (SSSR count). The second-order valence-electron chi connectivity index (χ2n) is 9.18. The van der Waals surface area contributed by atoms with Crippen molar-refractivity contribution in [2.24, 2.45) is 0 Å². The third-order valence-electron chi connectivity index (χ3n) is 6.80. The van der Waals surface area contributed by atoms with E-state index < -0.39 is 41.6 Å². The molecule has 1 fully saturated rings. The number of aryl methyl sites for hydroxylation is 1. The number of benzene rings is 1. The Morgan fingerprint density at radius 1 is 1.27 bits per heavy atom. The molecule has 0 spiro atoms. The molecule has 1 unspecified atom stereocenters. The molecule has 37 heavy (non-hydrogen) atoms. The molecule has 1 saturated heterocycles. The largest absolute Gasteiger partial charge is 0.490 e. The van der Waals surface area contributed by atoms with E-state index in [1.165, 1.54) is 41.8 Å². The summed E-state index contributed by atoms with van der Waals surface area (Å²) in [7, 11) is 1.29. The van der Waals surface area contributed by atoms with Gasteiger partial charge in [0.1, 0.15) is 29.7 Å². The van der Waals surface area contributed by atoms with E-state index >= 15 is 0 Å². The first kappa shape index (κ1) is 26.4. The lowest BCUT2D eigenvalue weighted by Gasteiger charge is -2.29. The summed E-state index contributed by atoms with van der Waals surface area (Å²) in [6.45, 7) is 3.89. The van der Waals surface area contributed by atoms with E-state index in [4.69, 9.17) is 4.74 Å². The van der Waals surface area contributed by atoms with Crippen molar-refractivity contribution in [3.63, 3.8) is 0 Å². The van der Waals surface area contributed by atoms with Crippen molar-refractivity contribution in [2.45, 2.75) is 45.2 Å². The van der Waals surface area contributed by atoms with E-state index in [1.54, 1.807) is 13.8 Å². The molecule has 0 bridgehead atoms. The Morgan fingerprint density at radius 2 is 1.97 bits per heavy atom. The number of rotatable bonds is 7. The summed E-state index contributed by atoms with van der Waals surface area (Å²) in [6.07, 6.45) is -1.37. The van der Waals surface area contributed by atoms with Gasteiger partial charge in [0, 0.05) is 31.8 Å². The number of halogens is 4. The molecule has 8 nitrogen and oxygen atoms in total. The second kappa shape index (κ2) is 9.98. The van der Waals surface area contributed by atoms with Gasteiger partial charge in [0.2, 0.25) is 11.7 Å². The summed E-state index contributed by atoms with van der Waals surface area (Å²) in [5, 5.41) is 3.32. The Labute approximate surface area is 210 Å². The Bertz CT molecular complexity index is 1410. The van der Waals surface area contributed by atoms with Crippen LogP contribution < -0.4 is 15.6 Å². The van der Waals surface area contributed by atoms with Gasteiger partial charge < -0.3 is 19.5 Å². The molecule has 12 heteroatoms. The van der Waals surface area contributed by atoms with Gasteiger partial charge in [0.05, 0.1) is 29.6 Å².